The fourth-order valence-corrected chi connectivity index (χ4v) is 4.06. The zero-order valence-electron chi connectivity index (χ0n) is 18.2. The number of fused-ring (bicyclic) bond motifs is 1. The topological polar surface area (TPSA) is 63.9 Å². The van der Waals surface area contributed by atoms with Gasteiger partial charge in [0.25, 0.3) is 0 Å². The number of amides is 1. The van der Waals surface area contributed by atoms with Crippen LogP contribution in [-0.2, 0) is 33.8 Å². The van der Waals surface area contributed by atoms with Crippen LogP contribution >= 0.6 is 0 Å². The average molecular weight is 457 g/mol. The highest BCUT2D eigenvalue weighted by molar-refractivity contribution is 5.97. The number of carbonyl (C=O) groups is 2. The van der Waals surface area contributed by atoms with Crippen molar-refractivity contribution in [1.29, 1.82) is 0 Å². The van der Waals surface area contributed by atoms with Crippen molar-refractivity contribution in [2.45, 2.75) is 39.3 Å². The minimum Gasteiger partial charge on any atom is -0.468 e. The molecule has 1 aliphatic heterocycles. The molecule has 0 radical (unpaired) electrons. The summed E-state index contributed by atoms with van der Waals surface area (Å²) in [6, 6.07) is 7.53. The van der Waals surface area contributed by atoms with Gasteiger partial charge in [-0.1, -0.05) is 6.07 Å². The molecule has 0 fully saturated rings. The molecule has 0 aliphatic carbocycles. The van der Waals surface area contributed by atoms with Gasteiger partial charge in [-0.2, -0.15) is 5.10 Å². The van der Waals surface area contributed by atoms with Crippen LogP contribution < -0.4 is 0 Å². The summed E-state index contributed by atoms with van der Waals surface area (Å²) in [6.07, 6.45) is 0.922. The Morgan fingerprint density at radius 1 is 1.09 bits per heavy atom. The van der Waals surface area contributed by atoms with E-state index in [1.807, 2.05) is 6.92 Å². The first-order valence-corrected chi connectivity index (χ1v) is 10.4. The molecule has 1 aromatic heterocycles. The smallest absolute Gasteiger partial charge is 0.325 e. The summed E-state index contributed by atoms with van der Waals surface area (Å²) in [6.45, 7) is 1.69. The molecule has 4 rings (SSSR count). The van der Waals surface area contributed by atoms with E-state index in [1.165, 1.54) is 30.3 Å². The second-order valence-corrected chi connectivity index (χ2v) is 7.92. The van der Waals surface area contributed by atoms with Crippen LogP contribution in [0.3, 0.4) is 0 Å². The van der Waals surface area contributed by atoms with Crippen LogP contribution in [0.2, 0.25) is 0 Å². The molecule has 1 amide bonds. The van der Waals surface area contributed by atoms with Crippen LogP contribution in [-0.4, -0.2) is 34.3 Å². The Kier molecular flexibility index (Phi) is 6.22. The van der Waals surface area contributed by atoms with Crippen LogP contribution in [0.1, 0.15) is 29.7 Å². The third-order valence-electron chi connectivity index (χ3n) is 5.82. The second-order valence-electron chi connectivity index (χ2n) is 7.92. The number of esters is 1. The lowest BCUT2D eigenvalue weighted by Gasteiger charge is -2.24. The maximum absolute atomic E-state index is 14.1. The number of benzene rings is 2. The molecule has 172 valence electrons. The minimum atomic E-state index is -0.748. The summed E-state index contributed by atoms with van der Waals surface area (Å²) in [5, 5.41) is 6.24. The van der Waals surface area contributed by atoms with Gasteiger partial charge in [0, 0.05) is 46.8 Å². The Balaban J connectivity index is 1.67. The number of methoxy groups -OCH3 is 1. The highest BCUT2D eigenvalue weighted by Gasteiger charge is 2.24. The molecular formula is C24H22F3N3O3. The molecule has 2 aromatic carbocycles. The molecule has 33 heavy (non-hydrogen) atoms. The Morgan fingerprint density at radius 2 is 1.82 bits per heavy atom. The first-order chi connectivity index (χ1) is 15.8. The summed E-state index contributed by atoms with van der Waals surface area (Å²) in [4.78, 5) is 24.3. The number of carbonyl (C=O) groups excluding carboxylic acids is 2. The van der Waals surface area contributed by atoms with E-state index in [1.54, 1.807) is 10.6 Å². The molecule has 9 heteroatoms. The molecule has 0 bridgehead atoms. The van der Waals surface area contributed by atoms with Crippen molar-refractivity contribution < 1.29 is 27.5 Å². The molecule has 0 atom stereocenters. The van der Waals surface area contributed by atoms with Gasteiger partial charge in [0.2, 0.25) is 5.91 Å². The van der Waals surface area contributed by atoms with E-state index in [2.05, 4.69) is 5.10 Å². The van der Waals surface area contributed by atoms with Crippen molar-refractivity contribution in [2.24, 2.45) is 5.10 Å². The lowest BCUT2D eigenvalue weighted by Crippen LogP contribution is -2.32. The number of hydrazone groups is 1. The zero-order chi connectivity index (χ0) is 23.7. The minimum absolute atomic E-state index is 0.0224. The summed E-state index contributed by atoms with van der Waals surface area (Å²) in [5.74, 6) is -2.55. The van der Waals surface area contributed by atoms with E-state index in [4.69, 9.17) is 4.74 Å². The highest BCUT2D eigenvalue weighted by atomic mass is 19.1. The normalized spacial score (nSPS) is 14.0. The van der Waals surface area contributed by atoms with E-state index in [0.717, 1.165) is 23.4 Å². The maximum Gasteiger partial charge on any atom is 0.325 e. The van der Waals surface area contributed by atoms with Gasteiger partial charge < -0.3 is 9.30 Å². The fourth-order valence-electron chi connectivity index (χ4n) is 4.06. The molecule has 2 heterocycles. The largest absolute Gasteiger partial charge is 0.468 e. The number of aromatic nitrogens is 1. The maximum atomic E-state index is 14.1. The standard InChI is InChI=1S/C24H22F3N3O3/c1-14-19(20-9-16(25)5-7-22(20)29(14)13-24(32)33-2)11-18-6-8-23(31)30(28-18)12-15-3-4-17(26)10-21(15)27/h3-5,7,9-10H,6,8,11-13H2,1-2H3. The summed E-state index contributed by atoms with van der Waals surface area (Å²) in [5.41, 5.74) is 3.06. The van der Waals surface area contributed by atoms with Gasteiger partial charge >= 0.3 is 5.97 Å². The molecule has 0 saturated carbocycles. The van der Waals surface area contributed by atoms with Crippen molar-refractivity contribution in [2.75, 3.05) is 7.11 Å². The van der Waals surface area contributed by atoms with Gasteiger partial charge in [0.1, 0.15) is 24.0 Å². The van der Waals surface area contributed by atoms with Crippen molar-refractivity contribution in [3.05, 3.63) is 70.7 Å². The lowest BCUT2D eigenvalue weighted by molar-refractivity contribution is -0.141. The predicted octanol–water partition coefficient (Wildman–Crippen LogP) is 4.26. The van der Waals surface area contributed by atoms with Crippen molar-refractivity contribution in [3.8, 4) is 0 Å². The van der Waals surface area contributed by atoms with Crippen molar-refractivity contribution in [1.82, 2.24) is 9.58 Å². The van der Waals surface area contributed by atoms with E-state index in [9.17, 15) is 22.8 Å². The van der Waals surface area contributed by atoms with Gasteiger partial charge in [-0.15, -0.1) is 0 Å². The Hall–Kier alpha value is -3.62. The highest BCUT2D eigenvalue weighted by Crippen LogP contribution is 2.29. The van der Waals surface area contributed by atoms with Gasteiger partial charge in [-0.3, -0.25) is 9.59 Å². The third kappa shape index (κ3) is 4.62. The quantitative estimate of drug-likeness (QED) is 0.520. The number of rotatable bonds is 6. The molecule has 3 aromatic rings. The monoisotopic (exact) mass is 457 g/mol. The first kappa shape index (κ1) is 22.6. The number of hydrogen-bond acceptors (Lipinski definition) is 4. The Labute approximate surface area is 188 Å². The van der Waals surface area contributed by atoms with Crippen LogP contribution in [0.15, 0.2) is 41.5 Å². The van der Waals surface area contributed by atoms with Gasteiger partial charge in [-0.05, 0) is 43.2 Å². The Morgan fingerprint density at radius 3 is 2.55 bits per heavy atom. The number of halogens is 3. The lowest BCUT2D eigenvalue weighted by atomic mass is 10.0. The second kappa shape index (κ2) is 9.09. The molecule has 0 saturated heterocycles. The number of ether oxygens (including phenoxy) is 1. The molecule has 1 aliphatic rings. The van der Waals surface area contributed by atoms with Gasteiger partial charge in [-0.25, -0.2) is 18.2 Å². The summed E-state index contributed by atoms with van der Waals surface area (Å²) >= 11 is 0. The number of nitrogens with zero attached hydrogens (tertiary/aromatic N) is 3. The zero-order valence-corrected chi connectivity index (χ0v) is 18.2. The molecule has 0 unspecified atom stereocenters. The third-order valence-corrected chi connectivity index (χ3v) is 5.82. The van der Waals surface area contributed by atoms with E-state index in [0.29, 0.717) is 29.5 Å². The van der Waals surface area contributed by atoms with E-state index >= 15 is 0 Å². The molecule has 0 spiro atoms. The first-order valence-electron chi connectivity index (χ1n) is 10.4. The summed E-state index contributed by atoms with van der Waals surface area (Å²) in [7, 11) is 1.30. The number of hydrogen-bond donors (Lipinski definition) is 0. The van der Waals surface area contributed by atoms with E-state index < -0.39 is 23.4 Å². The summed E-state index contributed by atoms with van der Waals surface area (Å²) < 4.78 is 47.9. The fraction of sp³-hybridized carbons (Fsp3) is 0.292. The van der Waals surface area contributed by atoms with Crippen LogP contribution in [0.4, 0.5) is 13.2 Å². The molecular weight excluding hydrogens is 435 g/mol. The molecule has 0 N–H and O–H groups in total. The van der Waals surface area contributed by atoms with Crippen LogP contribution in [0, 0.1) is 24.4 Å². The predicted molar refractivity (Wildman–Crippen MR) is 116 cm³/mol. The van der Waals surface area contributed by atoms with Crippen LogP contribution in [0.5, 0.6) is 0 Å². The van der Waals surface area contributed by atoms with Gasteiger partial charge in [0.05, 0.1) is 13.7 Å². The Bertz CT molecular complexity index is 1280. The average Bonchev–Trinajstić information content (AvgIpc) is 3.02. The SMILES string of the molecule is COC(=O)Cn1c(C)c(CC2=NN(Cc3ccc(F)cc3F)C(=O)CC2)c2cc(F)ccc21. The van der Waals surface area contributed by atoms with E-state index in [-0.39, 0.29) is 31.0 Å². The van der Waals surface area contributed by atoms with Crippen LogP contribution in [0.25, 0.3) is 10.9 Å². The molecule has 6 nitrogen and oxygen atoms in total. The van der Waals surface area contributed by atoms with Crippen molar-refractivity contribution >= 4 is 28.5 Å². The van der Waals surface area contributed by atoms with Gasteiger partial charge in [0.15, 0.2) is 0 Å². The van der Waals surface area contributed by atoms with Crippen molar-refractivity contribution in [3.63, 3.8) is 0 Å².